The molecule has 21 heavy (non-hydrogen) atoms. The number of rotatable bonds is 3. The predicted molar refractivity (Wildman–Crippen MR) is 83.1 cm³/mol. The first kappa shape index (κ1) is 13.6. The third kappa shape index (κ3) is 2.50. The van der Waals surface area contributed by atoms with Crippen molar-refractivity contribution in [3.63, 3.8) is 0 Å². The molecule has 3 aromatic rings. The largest absolute Gasteiger partial charge is 0.489 e. The molecule has 2 aromatic carbocycles. The van der Waals surface area contributed by atoms with Crippen molar-refractivity contribution in [1.82, 2.24) is 9.55 Å². The van der Waals surface area contributed by atoms with Crippen LogP contribution in [-0.4, -0.2) is 16.7 Å². The predicted octanol–water partition coefficient (Wildman–Crippen LogP) is 3.11. The van der Waals surface area contributed by atoms with Crippen molar-refractivity contribution in [2.75, 3.05) is 7.11 Å². The van der Waals surface area contributed by atoms with Crippen molar-refractivity contribution in [3.8, 4) is 5.75 Å². The first-order valence-corrected chi connectivity index (χ1v) is 6.84. The highest BCUT2D eigenvalue weighted by molar-refractivity contribution is 6.30. The molecule has 0 aliphatic heterocycles. The van der Waals surface area contributed by atoms with Crippen LogP contribution in [0.15, 0.2) is 53.6 Å². The second-order valence-electron chi connectivity index (χ2n) is 4.64. The van der Waals surface area contributed by atoms with Crippen LogP contribution in [0.5, 0.6) is 5.75 Å². The molecule has 1 heterocycles. The lowest BCUT2D eigenvalue weighted by atomic mass is 10.0. The van der Waals surface area contributed by atoms with E-state index in [4.69, 9.17) is 16.3 Å². The average Bonchev–Trinajstić information content (AvgIpc) is 2.51. The number of aromatic nitrogens is 2. The van der Waals surface area contributed by atoms with Crippen LogP contribution < -0.4 is 10.3 Å². The van der Waals surface area contributed by atoms with Gasteiger partial charge in [0.15, 0.2) is 5.15 Å². The van der Waals surface area contributed by atoms with Crippen molar-refractivity contribution >= 4 is 22.4 Å². The van der Waals surface area contributed by atoms with Crippen LogP contribution in [0, 0.1) is 0 Å². The first-order chi connectivity index (χ1) is 10.2. The molecule has 0 radical (unpaired) electrons. The molecule has 0 aliphatic rings. The van der Waals surface area contributed by atoms with Crippen LogP contribution in [0.25, 0.3) is 10.8 Å². The summed E-state index contributed by atoms with van der Waals surface area (Å²) in [5.74, 6) is 0.0689. The highest BCUT2D eigenvalue weighted by Crippen LogP contribution is 2.20. The maximum atomic E-state index is 12.3. The quantitative estimate of drug-likeness (QED) is 0.698. The summed E-state index contributed by atoms with van der Waals surface area (Å²) in [5.41, 5.74) is 0.756. The highest BCUT2D eigenvalue weighted by Gasteiger charge is 2.11. The van der Waals surface area contributed by atoms with E-state index in [1.807, 2.05) is 42.5 Å². The van der Waals surface area contributed by atoms with Gasteiger partial charge >= 0.3 is 0 Å². The summed E-state index contributed by atoms with van der Waals surface area (Å²) in [7, 11) is 1.41. The van der Waals surface area contributed by atoms with Gasteiger partial charge < -0.3 is 4.74 Å². The van der Waals surface area contributed by atoms with E-state index < -0.39 is 0 Å². The smallest absolute Gasteiger partial charge is 0.297 e. The molecule has 0 spiro atoms. The van der Waals surface area contributed by atoms with Gasteiger partial charge in [-0.25, -0.2) is 4.98 Å². The molecule has 0 bridgehead atoms. The fourth-order valence-electron chi connectivity index (χ4n) is 2.35. The van der Waals surface area contributed by atoms with Gasteiger partial charge in [0.1, 0.15) is 0 Å². The minimum atomic E-state index is -0.287. The van der Waals surface area contributed by atoms with Gasteiger partial charge in [-0.05, 0) is 16.3 Å². The molecule has 0 saturated carbocycles. The SMILES string of the molecule is COc1c(Cl)ncn(Cc2cccc3ccccc23)c1=O. The molecule has 0 atom stereocenters. The van der Waals surface area contributed by atoms with Gasteiger partial charge in [0.25, 0.3) is 5.56 Å². The molecular formula is C16H13ClN2O2. The molecule has 0 N–H and O–H groups in total. The Hall–Kier alpha value is -2.33. The summed E-state index contributed by atoms with van der Waals surface area (Å²) in [6.45, 7) is 0.417. The third-order valence-corrected chi connectivity index (χ3v) is 3.65. The van der Waals surface area contributed by atoms with E-state index in [9.17, 15) is 4.79 Å². The maximum absolute atomic E-state index is 12.3. The third-order valence-electron chi connectivity index (χ3n) is 3.38. The summed E-state index contributed by atoms with van der Waals surface area (Å²) in [6.07, 6.45) is 1.44. The Morgan fingerprint density at radius 1 is 1.19 bits per heavy atom. The van der Waals surface area contributed by atoms with Crippen LogP contribution in [0.2, 0.25) is 5.15 Å². The van der Waals surface area contributed by atoms with Crippen molar-refractivity contribution in [2.24, 2.45) is 0 Å². The molecule has 1 aromatic heterocycles. The standard InChI is InChI=1S/C16H13ClN2O2/c1-21-14-15(17)18-10-19(16(14)20)9-12-7-4-6-11-5-2-3-8-13(11)12/h2-8,10H,9H2,1H3. The lowest BCUT2D eigenvalue weighted by molar-refractivity contribution is 0.401. The Labute approximate surface area is 126 Å². The first-order valence-electron chi connectivity index (χ1n) is 6.46. The molecule has 5 heteroatoms. The number of benzene rings is 2. The lowest BCUT2D eigenvalue weighted by Gasteiger charge is -2.10. The summed E-state index contributed by atoms with van der Waals surface area (Å²) >= 11 is 5.85. The van der Waals surface area contributed by atoms with Gasteiger partial charge in [-0.3, -0.25) is 9.36 Å². The number of fused-ring (bicyclic) bond motifs is 1. The van der Waals surface area contributed by atoms with Gasteiger partial charge in [0.05, 0.1) is 20.0 Å². The molecular weight excluding hydrogens is 288 g/mol. The van der Waals surface area contributed by atoms with Crippen LogP contribution in [-0.2, 0) is 6.54 Å². The zero-order valence-electron chi connectivity index (χ0n) is 11.4. The monoisotopic (exact) mass is 300 g/mol. The van der Waals surface area contributed by atoms with Crippen molar-refractivity contribution in [3.05, 3.63) is 69.9 Å². The van der Waals surface area contributed by atoms with Gasteiger partial charge in [0, 0.05) is 0 Å². The number of hydrogen-bond donors (Lipinski definition) is 0. The van der Waals surface area contributed by atoms with E-state index in [0.29, 0.717) is 6.54 Å². The second-order valence-corrected chi connectivity index (χ2v) is 5.00. The maximum Gasteiger partial charge on any atom is 0.297 e. The fourth-order valence-corrected chi connectivity index (χ4v) is 2.55. The Bertz CT molecular complexity index is 853. The van der Waals surface area contributed by atoms with Gasteiger partial charge in [-0.15, -0.1) is 0 Å². The van der Waals surface area contributed by atoms with Crippen LogP contribution in [0.3, 0.4) is 0 Å². The summed E-state index contributed by atoms with van der Waals surface area (Å²) in [4.78, 5) is 16.3. The fraction of sp³-hybridized carbons (Fsp3) is 0.125. The average molecular weight is 301 g/mol. The number of ether oxygens (including phenoxy) is 1. The number of methoxy groups -OCH3 is 1. The normalized spacial score (nSPS) is 10.8. The molecule has 0 fully saturated rings. The lowest BCUT2D eigenvalue weighted by Crippen LogP contribution is -2.22. The van der Waals surface area contributed by atoms with E-state index in [2.05, 4.69) is 4.98 Å². The van der Waals surface area contributed by atoms with Crippen LogP contribution in [0.1, 0.15) is 5.56 Å². The van der Waals surface area contributed by atoms with Crippen LogP contribution in [0.4, 0.5) is 0 Å². The van der Waals surface area contributed by atoms with E-state index in [0.717, 1.165) is 16.3 Å². The van der Waals surface area contributed by atoms with Gasteiger partial charge in [-0.1, -0.05) is 54.1 Å². The molecule has 0 saturated heterocycles. The summed E-state index contributed by atoms with van der Waals surface area (Å²) < 4.78 is 6.51. The topological polar surface area (TPSA) is 44.1 Å². The van der Waals surface area contributed by atoms with Gasteiger partial charge in [0.2, 0.25) is 5.75 Å². The van der Waals surface area contributed by atoms with Crippen LogP contribution >= 0.6 is 11.6 Å². The minimum absolute atomic E-state index is 0.0689. The Morgan fingerprint density at radius 2 is 1.95 bits per heavy atom. The Kier molecular flexibility index (Phi) is 3.62. The van der Waals surface area contributed by atoms with E-state index in [-0.39, 0.29) is 16.5 Å². The number of halogens is 1. The Balaban J connectivity index is 2.09. The van der Waals surface area contributed by atoms with Crippen molar-refractivity contribution in [1.29, 1.82) is 0 Å². The second kappa shape index (κ2) is 5.58. The zero-order chi connectivity index (χ0) is 14.8. The number of hydrogen-bond acceptors (Lipinski definition) is 3. The van der Waals surface area contributed by atoms with Crippen molar-refractivity contribution < 1.29 is 4.74 Å². The minimum Gasteiger partial charge on any atom is -0.489 e. The van der Waals surface area contributed by atoms with Gasteiger partial charge in [-0.2, -0.15) is 0 Å². The molecule has 0 aliphatic carbocycles. The van der Waals surface area contributed by atoms with E-state index in [1.165, 1.54) is 18.0 Å². The zero-order valence-corrected chi connectivity index (χ0v) is 12.2. The number of nitrogens with zero attached hydrogens (tertiary/aromatic N) is 2. The summed E-state index contributed by atoms with van der Waals surface area (Å²) in [6, 6.07) is 14.1. The molecule has 0 amide bonds. The molecule has 106 valence electrons. The molecule has 4 nitrogen and oxygen atoms in total. The Morgan fingerprint density at radius 3 is 2.76 bits per heavy atom. The van der Waals surface area contributed by atoms with E-state index >= 15 is 0 Å². The summed E-state index contributed by atoms with van der Waals surface area (Å²) in [5, 5.41) is 2.33. The molecule has 3 rings (SSSR count). The van der Waals surface area contributed by atoms with Crippen molar-refractivity contribution in [2.45, 2.75) is 6.54 Å². The van der Waals surface area contributed by atoms with E-state index in [1.54, 1.807) is 0 Å². The molecule has 0 unspecified atom stereocenters. The highest BCUT2D eigenvalue weighted by atomic mass is 35.5.